The molecule has 0 aliphatic carbocycles. The van der Waals surface area contributed by atoms with Gasteiger partial charge in [0.2, 0.25) is 5.91 Å². The predicted molar refractivity (Wildman–Crippen MR) is 98.5 cm³/mol. The molecule has 3 rings (SSSR count). The lowest BCUT2D eigenvalue weighted by molar-refractivity contribution is -0.116. The molecular formula is C20H20N4O. The Balaban J connectivity index is 1.63. The third-order valence-electron chi connectivity index (χ3n) is 3.98. The molecule has 1 amide bonds. The highest BCUT2D eigenvalue weighted by molar-refractivity contribution is 5.91. The number of amides is 1. The summed E-state index contributed by atoms with van der Waals surface area (Å²) in [5, 5.41) is 7.36. The number of carbonyl (C=O) groups excluding carboxylic acids is 1. The number of rotatable bonds is 5. The maximum Gasteiger partial charge on any atom is 0.244 e. The van der Waals surface area contributed by atoms with Crippen LogP contribution in [0.15, 0.2) is 60.9 Å². The summed E-state index contributed by atoms with van der Waals surface area (Å²) < 4.78 is 1.77. The molecule has 2 heterocycles. The van der Waals surface area contributed by atoms with E-state index in [0.717, 1.165) is 28.1 Å². The van der Waals surface area contributed by atoms with Gasteiger partial charge in [-0.1, -0.05) is 24.3 Å². The molecule has 0 radical (unpaired) electrons. The summed E-state index contributed by atoms with van der Waals surface area (Å²) in [5.41, 5.74) is 4.90. The maximum absolute atomic E-state index is 12.1. The fraction of sp³-hybridized carbons (Fsp3) is 0.150. The first-order chi connectivity index (χ1) is 12.1. The molecule has 0 unspecified atom stereocenters. The van der Waals surface area contributed by atoms with Crippen molar-refractivity contribution in [3.8, 4) is 11.3 Å². The average Bonchev–Trinajstić information content (AvgIpc) is 3.01. The Morgan fingerprint density at radius 2 is 2.08 bits per heavy atom. The fourth-order valence-electron chi connectivity index (χ4n) is 2.50. The Hall–Kier alpha value is -3.21. The molecule has 5 heteroatoms. The van der Waals surface area contributed by atoms with E-state index in [-0.39, 0.29) is 5.91 Å². The predicted octanol–water partition coefficient (Wildman–Crippen LogP) is 3.12. The Labute approximate surface area is 147 Å². The van der Waals surface area contributed by atoms with Gasteiger partial charge >= 0.3 is 0 Å². The van der Waals surface area contributed by atoms with Gasteiger partial charge in [0.25, 0.3) is 0 Å². The van der Waals surface area contributed by atoms with Crippen molar-refractivity contribution in [2.75, 3.05) is 0 Å². The van der Waals surface area contributed by atoms with E-state index in [1.165, 1.54) is 0 Å². The van der Waals surface area contributed by atoms with Crippen molar-refractivity contribution in [2.24, 2.45) is 7.05 Å². The number of pyridine rings is 1. The van der Waals surface area contributed by atoms with Gasteiger partial charge in [0.15, 0.2) is 0 Å². The lowest BCUT2D eigenvalue weighted by atomic mass is 10.1. The van der Waals surface area contributed by atoms with Gasteiger partial charge in [-0.3, -0.25) is 14.5 Å². The van der Waals surface area contributed by atoms with Crippen LogP contribution in [0.25, 0.3) is 17.3 Å². The highest BCUT2D eigenvalue weighted by atomic mass is 16.1. The molecule has 0 aliphatic heterocycles. The fourth-order valence-corrected chi connectivity index (χ4v) is 2.50. The standard InChI is InChI=1S/C20H20N4O/c1-15-6-3-4-7-16(15)9-10-20(25)22-14-18-12-19(23-24(18)2)17-8-5-11-21-13-17/h3-13H,14H2,1-2H3,(H,22,25)/b10-9+. The molecule has 3 aromatic rings. The minimum absolute atomic E-state index is 0.132. The summed E-state index contributed by atoms with van der Waals surface area (Å²) >= 11 is 0. The summed E-state index contributed by atoms with van der Waals surface area (Å²) in [5.74, 6) is -0.132. The van der Waals surface area contributed by atoms with E-state index < -0.39 is 0 Å². The van der Waals surface area contributed by atoms with Gasteiger partial charge in [0.05, 0.1) is 17.9 Å². The molecule has 0 atom stereocenters. The summed E-state index contributed by atoms with van der Waals surface area (Å²) in [6, 6.07) is 13.7. The van der Waals surface area contributed by atoms with Crippen LogP contribution in [0.1, 0.15) is 16.8 Å². The third-order valence-corrected chi connectivity index (χ3v) is 3.98. The van der Waals surface area contributed by atoms with Crippen LogP contribution in [0, 0.1) is 6.92 Å². The highest BCUT2D eigenvalue weighted by Crippen LogP contribution is 2.17. The van der Waals surface area contributed by atoms with E-state index in [2.05, 4.69) is 15.4 Å². The summed E-state index contributed by atoms with van der Waals surface area (Å²) in [4.78, 5) is 16.2. The molecule has 1 aromatic carbocycles. The molecule has 0 saturated carbocycles. The number of hydrogen-bond acceptors (Lipinski definition) is 3. The number of aryl methyl sites for hydroxylation is 2. The van der Waals surface area contributed by atoms with E-state index in [9.17, 15) is 4.79 Å². The molecule has 0 saturated heterocycles. The van der Waals surface area contributed by atoms with E-state index >= 15 is 0 Å². The smallest absolute Gasteiger partial charge is 0.244 e. The molecule has 0 spiro atoms. The lowest BCUT2D eigenvalue weighted by Crippen LogP contribution is -2.21. The maximum atomic E-state index is 12.1. The molecule has 1 N–H and O–H groups in total. The minimum Gasteiger partial charge on any atom is -0.347 e. The Morgan fingerprint density at radius 1 is 1.24 bits per heavy atom. The van der Waals surface area contributed by atoms with Crippen LogP contribution >= 0.6 is 0 Å². The molecule has 0 bridgehead atoms. The van der Waals surface area contributed by atoms with Crippen molar-refractivity contribution in [1.29, 1.82) is 0 Å². The second-order valence-corrected chi connectivity index (χ2v) is 5.79. The minimum atomic E-state index is -0.132. The molecular weight excluding hydrogens is 312 g/mol. The Bertz CT molecular complexity index is 897. The summed E-state index contributed by atoms with van der Waals surface area (Å²) in [6.07, 6.45) is 6.89. The SMILES string of the molecule is Cc1ccccc1/C=C/C(=O)NCc1cc(-c2cccnc2)nn1C. The van der Waals surface area contributed by atoms with Crippen molar-refractivity contribution in [3.05, 3.63) is 77.8 Å². The third kappa shape index (κ3) is 4.20. The van der Waals surface area contributed by atoms with Crippen LogP contribution in [0.3, 0.4) is 0 Å². The zero-order valence-electron chi connectivity index (χ0n) is 14.3. The van der Waals surface area contributed by atoms with Gasteiger partial charge < -0.3 is 5.32 Å². The monoisotopic (exact) mass is 332 g/mol. The van der Waals surface area contributed by atoms with Gasteiger partial charge in [0.1, 0.15) is 0 Å². The van der Waals surface area contributed by atoms with Crippen molar-refractivity contribution >= 4 is 12.0 Å². The van der Waals surface area contributed by atoms with Crippen LogP contribution in [0.2, 0.25) is 0 Å². The van der Waals surface area contributed by atoms with Gasteiger partial charge in [0, 0.05) is 31.1 Å². The number of benzene rings is 1. The van der Waals surface area contributed by atoms with E-state index in [1.54, 1.807) is 23.2 Å². The van der Waals surface area contributed by atoms with Gasteiger partial charge in [-0.05, 0) is 42.3 Å². The summed E-state index contributed by atoms with van der Waals surface area (Å²) in [7, 11) is 1.87. The molecule has 126 valence electrons. The van der Waals surface area contributed by atoms with Crippen molar-refractivity contribution < 1.29 is 4.79 Å². The molecule has 2 aromatic heterocycles. The second kappa shape index (κ2) is 7.57. The lowest BCUT2D eigenvalue weighted by Gasteiger charge is -2.03. The Kier molecular flexibility index (Phi) is 5.04. The Morgan fingerprint density at radius 3 is 2.84 bits per heavy atom. The quantitative estimate of drug-likeness (QED) is 0.730. The molecule has 25 heavy (non-hydrogen) atoms. The zero-order chi connectivity index (χ0) is 17.6. The van der Waals surface area contributed by atoms with Crippen LogP contribution in [-0.2, 0) is 18.4 Å². The molecule has 5 nitrogen and oxygen atoms in total. The first kappa shape index (κ1) is 16.6. The van der Waals surface area contributed by atoms with Gasteiger partial charge in [-0.2, -0.15) is 5.10 Å². The topological polar surface area (TPSA) is 59.8 Å². The normalized spacial score (nSPS) is 11.0. The van der Waals surface area contributed by atoms with Crippen LogP contribution in [0.4, 0.5) is 0 Å². The second-order valence-electron chi connectivity index (χ2n) is 5.79. The van der Waals surface area contributed by atoms with E-state index in [4.69, 9.17) is 0 Å². The number of hydrogen-bond donors (Lipinski definition) is 1. The first-order valence-electron chi connectivity index (χ1n) is 8.08. The van der Waals surface area contributed by atoms with Gasteiger partial charge in [-0.25, -0.2) is 0 Å². The molecule has 0 fully saturated rings. The highest BCUT2D eigenvalue weighted by Gasteiger charge is 2.08. The van der Waals surface area contributed by atoms with Crippen molar-refractivity contribution in [2.45, 2.75) is 13.5 Å². The first-order valence-corrected chi connectivity index (χ1v) is 8.08. The zero-order valence-corrected chi connectivity index (χ0v) is 14.3. The van der Waals surface area contributed by atoms with Crippen LogP contribution in [-0.4, -0.2) is 20.7 Å². The van der Waals surface area contributed by atoms with Gasteiger partial charge in [-0.15, -0.1) is 0 Å². The number of carbonyl (C=O) groups is 1. The van der Waals surface area contributed by atoms with E-state index in [0.29, 0.717) is 6.54 Å². The largest absolute Gasteiger partial charge is 0.347 e. The number of aromatic nitrogens is 3. The molecule has 0 aliphatic rings. The van der Waals surface area contributed by atoms with Crippen molar-refractivity contribution in [3.63, 3.8) is 0 Å². The van der Waals surface area contributed by atoms with Crippen molar-refractivity contribution in [1.82, 2.24) is 20.1 Å². The number of nitrogens with zero attached hydrogens (tertiary/aromatic N) is 3. The van der Waals surface area contributed by atoms with Crippen LogP contribution < -0.4 is 5.32 Å². The number of nitrogens with one attached hydrogen (secondary N) is 1. The summed E-state index contributed by atoms with van der Waals surface area (Å²) in [6.45, 7) is 2.44. The van der Waals surface area contributed by atoms with E-state index in [1.807, 2.05) is 62.5 Å². The van der Waals surface area contributed by atoms with Crippen LogP contribution in [0.5, 0.6) is 0 Å². The average molecular weight is 332 g/mol.